The lowest BCUT2D eigenvalue weighted by atomic mass is 9.97. The molecule has 1 heterocycles. The summed E-state index contributed by atoms with van der Waals surface area (Å²) >= 11 is 5.80. The van der Waals surface area contributed by atoms with E-state index in [-0.39, 0.29) is 29.2 Å². The summed E-state index contributed by atoms with van der Waals surface area (Å²) in [4.78, 5) is 0. The van der Waals surface area contributed by atoms with E-state index in [4.69, 9.17) is 11.6 Å². The highest BCUT2D eigenvalue weighted by Gasteiger charge is 2.32. The molecule has 0 amide bonds. The molecule has 1 atom stereocenters. The zero-order valence-electron chi connectivity index (χ0n) is 9.97. The van der Waals surface area contributed by atoms with Gasteiger partial charge in [0.25, 0.3) is 0 Å². The predicted octanol–water partition coefficient (Wildman–Crippen LogP) is 4.48. The fourth-order valence-electron chi connectivity index (χ4n) is 2.08. The van der Waals surface area contributed by atoms with Crippen molar-refractivity contribution >= 4 is 24.0 Å². The number of nitrogens with one attached hydrogen (secondary N) is 1. The van der Waals surface area contributed by atoms with Crippen LogP contribution in [0, 0.1) is 0 Å². The zero-order valence-corrected chi connectivity index (χ0v) is 11.5. The maximum Gasteiger partial charge on any atom is 0.573 e. The van der Waals surface area contributed by atoms with Crippen LogP contribution in [0.25, 0.3) is 0 Å². The van der Waals surface area contributed by atoms with Crippen LogP contribution >= 0.6 is 24.0 Å². The number of rotatable bonds is 2. The van der Waals surface area contributed by atoms with E-state index in [1.165, 1.54) is 12.1 Å². The lowest BCUT2D eigenvalue weighted by molar-refractivity contribution is -0.274. The number of benzene rings is 1. The number of hydrogen-bond donors (Lipinski definition) is 1. The Kier molecular flexibility index (Phi) is 5.77. The topological polar surface area (TPSA) is 21.3 Å². The SMILES string of the molecule is Cl.FC(F)(F)Oc1ccc([C@H]2CCCCN2)cc1Cl. The van der Waals surface area contributed by atoms with Gasteiger partial charge in [-0.15, -0.1) is 25.6 Å². The molecule has 0 aliphatic carbocycles. The molecule has 0 spiro atoms. The number of piperidine rings is 1. The van der Waals surface area contributed by atoms with Gasteiger partial charge in [0.05, 0.1) is 5.02 Å². The molecule has 1 aliphatic heterocycles. The highest BCUT2D eigenvalue weighted by molar-refractivity contribution is 6.32. The van der Waals surface area contributed by atoms with Crippen LogP contribution in [0.15, 0.2) is 18.2 Å². The fraction of sp³-hybridized carbons (Fsp3) is 0.500. The normalized spacial score (nSPS) is 19.7. The summed E-state index contributed by atoms with van der Waals surface area (Å²) in [6.45, 7) is 0.920. The van der Waals surface area contributed by atoms with Crippen molar-refractivity contribution in [2.75, 3.05) is 6.54 Å². The van der Waals surface area contributed by atoms with E-state index in [1.54, 1.807) is 6.07 Å². The van der Waals surface area contributed by atoms with Crippen LogP contribution < -0.4 is 10.1 Å². The number of alkyl halides is 3. The Morgan fingerprint density at radius 1 is 1.26 bits per heavy atom. The summed E-state index contributed by atoms with van der Waals surface area (Å²) in [5, 5.41) is 3.29. The van der Waals surface area contributed by atoms with Crippen molar-refractivity contribution in [1.29, 1.82) is 0 Å². The molecular formula is C12H14Cl2F3NO. The van der Waals surface area contributed by atoms with Gasteiger partial charge in [0.15, 0.2) is 0 Å². The molecule has 7 heteroatoms. The molecule has 1 aliphatic rings. The van der Waals surface area contributed by atoms with Crippen molar-refractivity contribution in [3.05, 3.63) is 28.8 Å². The molecular weight excluding hydrogens is 302 g/mol. The molecule has 2 nitrogen and oxygen atoms in total. The summed E-state index contributed by atoms with van der Waals surface area (Å²) in [5.74, 6) is -0.358. The van der Waals surface area contributed by atoms with Crippen LogP contribution in [0.3, 0.4) is 0 Å². The van der Waals surface area contributed by atoms with Crippen LogP contribution in [0.1, 0.15) is 30.9 Å². The summed E-state index contributed by atoms with van der Waals surface area (Å²) in [7, 11) is 0. The Bertz CT molecular complexity index is 420. The largest absolute Gasteiger partial charge is 0.573 e. The minimum atomic E-state index is -4.71. The van der Waals surface area contributed by atoms with E-state index in [0.717, 1.165) is 31.4 Å². The van der Waals surface area contributed by atoms with Crippen LogP contribution in [0.2, 0.25) is 5.02 Å². The highest BCUT2D eigenvalue weighted by Crippen LogP contribution is 2.33. The van der Waals surface area contributed by atoms with Gasteiger partial charge in [0, 0.05) is 6.04 Å². The van der Waals surface area contributed by atoms with E-state index in [1.807, 2.05) is 0 Å². The molecule has 0 radical (unpaired) electrons. The average Bonchev–Trinajstić information content (AvgIpc) is 2.31. The molecule has 108 valence electrons. The van der Waals surface area contributed by atoms with Crippen molar-refractivity contribution in [2.45, 2.75) is 31.7 Å². The number of hydrogen-bond acceptors (Lipinski definition) is 2. The van der Waals surface area contributed by atoms with Gasteiger partial charge in [-0.2, -0.15) is 0 Å². The van der Waals surface area contributed by atoms with Crippen LogP contribution in [-0.4, -0.2) is 12.9 Å². The lowest BCUT2D eigenvalue weighted by Crippen LogP contribution is -2.26. The Balaban J connectivity index is 0.00000180. The summed E-state index contributed by atoms with van der Waals surface area (Å²) in [6.07, 6.45) is -1.51. The zero-order chi connectivity index (χ0) is 13.2. The summed E-state index contributed by atoms with van der Waals surface area (Å²) in [5.41, 5.74) is 0.897. The monoisotopic (exact) mass is 315 g/mol. The Morgan fingerprint density at radius 2 is 2.00 bits per heavy atom. The van der Waals surface area contributed by atoms with Gasteiger partial charge in [0.1, 0.15) is 5.75 Å². The second kappa shape index (κ2) is 6.68. The Morgan fingerprint density at radius 3 is 2.53 bits per heavy atom. The third kappa shape index (κ3) is 4.75. The van der Waals surface area contributed by atoms with Crippen LogP contribution in [0.4, 0.5) is 13.2 Å². The third-order valence-electron chi connectivity index (χ3n) is 2.89. The second-order valence-electron chi connectivity index (χ2n) is 4.24. The predicted molar refractivity (Wildman–Crippen MR) is 70.0 cm³/mol. The standard InChI is InChI=1S/C12H13ClF3NO.ClH/c13-9-7-8(10-3-1-2-6-17-10)4-5-11(9)18-12(14,15)16;/h4-5,7,10,17H,1-3,6H2;1H/t10-;/m1./s1. The molecule has 1 aromatic rings. The van der Waals surface area contributed by atoms with Crippen molar-refractivity contribution in [3.8, 4) is 5.75 Å². The first-order valence-electron chi connectivity index (χ1n) is 5.74. The molecule has 19 heavy (non-hydrogen) atoms. The van der Waals surface area contributed by atoms with Gasteiger partial charge in [-0.1, -0.05) is 24.1 Å². The Labute approximate surface area is 120 Å². The van der Waals surface area contributed by atoms with Gasteiger partial charge in [0.2, 0.25) is 0 Å². The smallest absolute Gasteiger partial charge is 0.404 e. The van der Waals surface area contributed by atoms with E-state index >= 15 is 0 Å². The van der Waals surface area contributed by atoms with E-state index in [0.29, 0.717) is 0 Å². The lowest BCUT2D eigenvalue weighted by Gasteiger charge is -2.24. The van der Waals surface area contributed by atoms with Crippen molar-refractivity contribution < 1.29 is 17.9 Å². The summed E-state index contributed by atoms with van der Waals surface area (Å²) in [6, 6.07) is 4.58. The van der Waals surface area contributed by atoms with Gasteiger partial charge >= 0.3 is 6.36 Å². The first kappa shape index (κ1) is 16.4. The molecule has 0 unspecified atom stereocenters. The maximum absolute atomic E-state index is 12.1. The first-order chi connectivity index (χ1) is 8.46. The van der Waals surface area contributed by atoms with Crippen molar-refractivity contribution in [1.82, 2.24) is 5.32 Å². The average molecular weight is 316 g/mol. The highest BCUT2D eigenvalue weighted by atomic mass is 35.5. The minimum absolute atomic E-state index is 0. The molecule has 1 fully saturated rings. The molecule has 0 saturated carbocycles. The van der Waals surface area contributed by atoms with Crippen LogP contribution in [-0.2, 0) is 0 Å². The third-order valence-corrected chi connectivity index (χ3v) is 3.19. The fourth-order valence-corrected chi connectivity index (χ4v) is 2.31. The molecule has 1 N–H and O–H groups in total. The van der Waals surface area contributed by atoms with E-state index in [9.17, 15) is 13.2 Å². The molecule has 2 rings (SSSR count). The van der Waals surface area contributed by atoms with Gasteiger partial charge in [-0.05, 0) is 37.1 Å². The van der Waals surface area contributed by atoms with Gasteiger partial charge < -0.3 is 10.1 Å². The molecule has 0 aromatic heterocycles. The van der Waals surface area contributed by atoms with Crippen LogP contribution in [0.5, 0.6) is 5.75 Å². The first-order valence-corrected chi connectivity index (χ1v) is 6.12. The maximum atomic E-state index is 12.1. The number of halogens is 5. The van der Waals surface area contributed by atoms with Gasteiger partial charge in [-0.25, -0.2) is 0 Å². The Hall–Kier alpha value is -0.650. The summed E-state index contributed by atoms with van der Waals surface area (Å²) < 4.78 is 40.1. The molecule has 1 aromatic carbocycles. The second-order valence-corrected chi connectivity index (χ2v) is 4.65. The van der Waals surface area contributed by atoms with E-state index in [2.05, 4.69) is 10.1 Å². The van der Waals surface area contributed by atoms with Crippen molar-refractivity contribution in [2.24, 2.45) is 0 Å². The quantitative estimate of drug-likeness (QED) is 0.869. The molecule has 1 saturated heterocycles. The van der Waals surface area contributed by atoms with Gasteiger partial charge in [-0.3, -0.25) is 0 Å². The van der Waals surface area contributed by atoms with E-state index < -0.39 is 6.36 Å². The van der Waals surface area contributed by atoms with Crippen molar-refractivity contribution in [3.63, 3.8) is 0 Å². The minimum Gasteiger partial charge on any atom is -0.404 e. The molecule has 0 bridgehead atoms. The number of ether oxygens (including phenoxy) is 1.